The molecule has 1 amide bonds. The molecule has 6 nitrogen and oxygen atoms in total. The van der Waals surface area contributed by atoms with Crippen molar-refractivity contribution in [1.29, 1.82) is 0 Å². The molecule has 0 aliphatic carbocycles. The Balaban J connectivity index is 1.20. The number of hydrogen-bond acceptors (Lipinski definition) is 4. The number of likely N-dealkylation sites (tertiary alicyclic amines) is 1. The number of aromatic nitrogens is 1. The number of rotatable bonds is 7. The number of hydrogen-bond donors (Lipinski definition) is 1. The SMILES string of the molecule is CN1CCN(CCCCN2CCCC(C(=O)Nn3ccc4ccccc43)C2)CC1. The van der Waals surface area contributed by atoms with E-state index in [9.17, 15) is 4.79 Å². The van der Waals surface area contributed by atoms with Gasteiger partial charge < -0.3 is 14.7 Å². The van der Waals surface area contributed by atoms with Gasteiger partial charge in [-0.25, -0.2) is 0 Å². The van der Waals surface area contributed by atoms with Crippen molar-refractivity contribution in [3.63, 3.8) is 0 Å². The number of nitrogens with one attached hydrogen (secondary N) is 1. The molecule has 1 unspecified atom stereocenters. The number of piperidine rings is 1. The maximum atomic E-state index is 12.8. The first-order valence-electron chi connectivity index (χ1n) is 11.2. The van der Waals surface area contributed by atoms with Crippen molar-refractivity contribution in [3.05, 3.63) is 36.5 Å². The molecule has 1 atom stereocenters. The van der Waals surface area contributed by atoms with Gasteiger partial charge in [0.05, 0.1) is 11.4 Å². The van der Waals surface area contributed by atoms with Crippen LogP contribution >= 0.6 is 0 Å². The normalized spacial score (nSPS) is 22.2. The number of carbonyl (C=O) groups excluding carboxylic acids is 1. The van der Waals surface area contributed by atoms with Crippen LogP contribution in [0.1, 0.15) is 25.7 Å². The van der Waals surface area contributed by atoms with Crippen LogP contribution in [0.2, 0.25) is 0 Å². The van der Waals surface area contributed by atoms with E-state index in [-0.39, 0.29) is 11.8 Å². The van der Waals surface area contributed by atoms with Gasteiger partial charge >= 0.3 is 0 Å². The molecule has 2 saturated heterocycles. The van der Waals surface area contributed by atoms with Gasteiger partial charge in [0.25, 0.3) is 0 Å². The van der Waals surface area contributed by atoms with Crippen LogP contribution in [0.25, 0.3) is 10.9 Å². The molecule has 2 fully saturated rings. The maximum Gasteiger partial charge on any atom is 0.243 e. The lowest BCUT2D eigenvalue weighted by molar-refractivity contribution is -0.122. The summed E-state index contributed by atoms with van der Waals surface area (Å²) < 4.78 is 1.87. The molecule has 2 aliphatic rings. The van der Waals surface area contributed by atoms with Crippen molar-refractivity contribution < 1.29 is 4.79 Å². The average molecular weight is 398 g/mol. The summed E-state index contributed by atoms with van der Waals surface area (Å²) in [5.41, 5.74) is 4.16. The molecule has 3 heterocycles. The summed E-state index contributed by atoms with van der Waals surface area (Å²) in [7, 11) is 2.21. The van der Waals surface area contributed by atoms with Crippen LogP contribution in [0.5, 0.6) is 0 Å². The Hall–Kier alpha value is -1.89. The first-order chi connectivity index (χ1) is 14.2. The predicted octanol–water partition coefficient (Wildman–Crippen LogP) is 2.45. The average Bonchev–Trinajstić information content (AvgIpc) is 3.16. The van der Waals surface area contributed by atoms with E-state index in [1.807, 2.05) is 35.1 Å². The van der Waals surface area contributed by atoms with E-state index in [2.05, 4.69) is 33.2 Å². The minimum atomic E-state index is 0.0857. The third kappa shape index (κ3) is 5.38. The molecule has 1 aromatic carbocycles. The fourth-order valence-electron chi connectivity index (χ4n) is 4.61. The Bertz CT molecular complexity index is 795. The van der Waals surface area contributed by atoms with E-state index in [0.717, 1.165) is 43.4 Å². The van der Waals surface area contributed by atoms with E-state index >= 15 is 0 Å². The lowest BCUT2D eigenvalue weighted by atomic mass is 9.97. The van der Waals surface area contributed by atoms with E-state index in [0.29, 0.717) is 0 Å². The number of amides is 1. The zero-order valence-electron chi connectivity index (χ0n) is 17.7. The number of benzene rings is 1. The van der Waals surface area contributed by atoms with Crippen LogP contribution in [0.15, 0.2) is 36.5 Å². The van der Waals surface area contributed by atoms with Gasteiger partial charge in [0.15, 0.2) is 0 Å². The van der Waals surface area contributed by atoms with E-state index in [1.165, 1.54) is 45.6 Å². The number of fused-ring (bicyclic) bond motifs is 1. The van der Waals surface area contributed by atoms with Crippen molar-refractivity contribution >= 4 is 16.8 Å². The smallest absolute Gasteiger partial charge is 0.243 e. The second-order valence-corrected chi connectivity index (χ2v) is 8.71. The molecule has 0 spiro atoms. The highest BCUT2D eigenvalue weighted by Crippen LogP contribution is 2.19. The van der Waals surface area contributed by atoms with Crippen molar-refractivity contribution in [2.75, 3.05) is 64.8 Å². The highest BCUT2D eigenvalue weighted by Gasteiger charge is 2.26. The van der Waals surface area contributed by atoms with Gasteiger partial charge in [-0.15, -0.1) is 0 Å². The van der Waals surface area contributed by atoms with Crippen LogP contribution in [0, 0.1) is 5.92 Å². The van der Waals surface area contributed by atoms with E-state index < -0.39 is 0 Å². The Morgan fingerprint density at radius 3 is 2.59 bits per heavy atom. The van der Waals surface area contributed by atoms with Gasteiger partial charge in [-0.2, -0.15) is 0 Å². The minimum Gasteiger partial charge on any atom is -0.304 e. The van der Waals surface area contributed by atoms with Gasteiger partial charge in [-0.1, -0.05) is 18.2 Å². The Labute approximate surface area is 174 Å². The summed E-state index contributed by atoms with van der Waals surface area (Å²) in [6.45, 7) is 9.15. The van der Waals surface area contributed by atoms with Gasteiger partial charge in [0, 0.05) is 44.3 Å². The fraction of sp³-hybridized carbons (Fsp3) is 0.609. The minimum absolute atomic E-state index is 0.0857. The molecule has 2 aromatic rings. The number of nitrogens with zero attached hydrogens (tertiary/aromatic N) is 4. The van der Waals surface area contributed by atoms with Gasteiger partial charge in [-0.05, 0) is 64.5 Å². The Morgan fingerprint density at radius 1 is 1.00 bits per heavy atom. The van der Waals surface area contributed by atoms with Gasteiger partial charge in [-0.3, -0.25) is 14.9 Å². The van der Waals surface area contributed by atoms with Crippen LogP contribution < -0.4 is 5.43 Å². The monoisotopic (exact) mass is 397 g/mol. The standard InChI is InChI=1S/C23H35N5O/c1-25-15-17-26(18-16-25)11-4-5-12-27-13-6-8-21(19-27)23(29)24-28-14-10-20-7-2-3-9-22(20)28/h2-3,7,9-10,14,21H,4-6,8,11-13,15-19H2,1H3,(H,24,29). The number of unbranched alkanes of at least 4 members (excludes halogenated alkanes) is 1. The summed E-state index contributed by atoms with van der Waals surface area (Å²) >= 11 is 0. The van der Waals surface area contributed by atoms with Crippen molar-refractivity contribution in [2.45, 2.75) is 25.7 Å². The first-order valence-corrected chi connectivity index (χ1v) is 11.2. The number of para-hydroxylation sites is 1. The van der Waals surface area contributed by atoms with Crippen LogP contribution in [-0.4, -0.2) is 84.7 Å². The van der Waals surface area contributed by atoms with Gasteiger partial charge in [0.2, 0.25) is 5.91 Å². The Morgan fingerprint density at radius 2 is 1.76 bits per heavy atom. The lowest BCUT2D eigenvalue weighted by Gasteiger charge is -2.33. The third-order valence-electron chi connectivity index (χ3n) is 6.50. The molecular weight excluding hydrogens is 362 g/mol. The molecule has 6 heteroatoms. The molecule has 4 rings (SSSR count). The molecule has 0 radical (unpaired) electrons. The molecule has 29 heavy (non-hydrogen) atoms. The molecular formula is C23H35N5O. The molecule has 1 aromatic heterocycles. The zero-order chi connectivity index (χ0) is 20.1. The predicted molar refractivity (Wildman–Crippen MR) is 119 cm³/mol. The zero-order valence-corrected chi connectivity index (χ0v) is 17.7. The number of piperazine rings is 1. The summed E-state index contributed by atoms with van der Waals surface area (Å²) in [6, 6.07) is 10.2. The largest absolute Gasteiger partial charge is 0.304 e. The molecule has 2 aliphatic heterocycles. The third-order valence-corrected chi connectivity index (χ3v) is 6.50. The highest BCUT2D eigenvalue weighted by molar-refractivity contribution is 5.89. The summed E-state index contributed by atoms with van der Waals surface area (Å²) in [6.07, 6.45) is 6.53. The van der Waals surface area contributed by atoms with Crippen molar-refractivity contribution in [1.82, 2.24) is 19.4 Å². The van der Waals surface area contributed by atoms with Crippen molar-refractivity contribution in [2.24, 2.45) is 5.92 Å². The highest BCUT2D eigenvalue weighted by atomic mass is 16.2. The van der Waals surface area contributed by atoms with Crippen LogP contribution in [-0.2, 0) is 4.79 Å². The van der Waals surface area contributed by atoms with Crippen LogP contribution in [0.4, 0.5) is 0 Å². The maximum absolute atomic E-state index is 12.8. The number of likely N-dealkylation sites (N-methyl/N-ethyl adjacent to an activating group) is 1. The quantitative estimate of drug-likeness (QED) is 0.729. The van der Waals surface area contributed by atoms with Gasteiger partial charge in [0.1, 0.15) is 0 Å². The van der Waals surface area contributed by atoms with E-state index in [1.54, 1.807) is 0 Å². The molecule has 1 N–H and O–H groups in total. The number of carbonyl (C=O) groups is 1. The second kappa shape index (κ2) is 9.74. The van der Waals surface area contributed by atoms with E-state index in [4.69, 9.17) is 0 Å². The Kier molecular flexibility index (Phi) is 6.85. The summed E-state index contributed by atoms with van der Waals surface area (Å²) in [4.78, 5) is 20.3. The topological polar surface area (TPSA) is 43.8 Å². The van der Waals surface area contributed by atoms with Crippen molar-refractivity contribution in [3.8, 4) is 0 Å². The summed E-state index contributed by atoms with van der Waals surface area (Å²) in [5.74, 6) is 0.232. The molecule has 158 valence electrons. The second-order valence-electron chi connectivity index (χ2n) is 8.71. The molecule has 0 saturated carbocycles. The molecule has 0 bridgehead atoms. The van der Waals surface area contributed by atoms with Crippen LogP contribution in [0.3, 0.4) is 0 Å². The fourth-order valence-corrected chi connectivity index (χ4v) is 4.61. The first kappa shape index (κ1) is 20.4. The lowest BCUT2D eigenvalue weighted by Crippen LogP contribution is -2.45. The summed E-state index contributed by atoms with van der Waals surface area (Å²) in [5, 5.41) is 1.15.